The zero-order valence-electron chi connectivity index (χ0n) is 10.4. The molecule has 0 atom stereocenters. The molecule has 16 heavy (non-hydrogen) atoms. The van der Waals surface area contributed by atoms with Crippen LogP contribution in [0, 0.1) is 20.8 Å². The average Bonchev–Trinajstić information content (AvgIpc) is 2.65. The molecule has 0 N–H and O–H groups in total. The van der Waals surface area contributed by atoms with Gasteiger partial charge in [0.1, 0.15) is 0 Å². The summed E-state index contributed by atoms with van der Waals surface area (Å²) in [6.07, 6.45) is 0. The topological polar surface area (TPSA) is 15.6 Å². The third kappa shape index (κ3) is 2.09. The fourth-order valence-electron chi connectivity index (χ4n) is 1.80. The van der Waals surface area contributed by atoms with Gasteiger partial charge in [0.2, 0.25) is 0 Å². The third-order valence-electron chi connectivity index (χ3n) is 3.10. The predicted octanol–water partition coefficient (Wildman–Crippen LogP) is 3.28. The van der Waals surface area contributed by atoms with Gasteiger partial charge in [-0.05, 0) is 37.5 Å². The van der Waals surface area contributed by atoms with E-state index < -0.39 is 0 Å². The zero-order valence-corrected chi connectivity index (χ0v) is 11.2. The van der Waals surface area contributed by atoms with E-state index in [-0.39, 0.29) is 0 Å². The number of thioether (sulfide) groups is 1. The highest BCUT2D eigenvalue weighted by molar-refractivity contribution is 8.14. The van der Waals surface area contributed by atoms with Crippen LogP contribution < -0.4 is 0 Å². The first-order chi connectivity index (χ1) is 7.59. The number of aryl methyl sites for hydroxylation is 2. The molecule has 0 aliphatic carbocycles. The maximum Gasteiger partial charge on any atom is 0.164 e. The SMILES string of the molecule is Cc1ccc(C)c(N=C2SCCN2C)c1C. The minimum Gasteiger partial charge on any atom is -0.353 e. The normalized spacial score (nSPS) is 18.5. The predicted molar refractivity (Wildman–Crippen MR) is 72.8 cm³/mol. The Morgan fingerprint density at radius 1 is 1.19 bits per heavy atom. The molecule has 1 aliphatic heterocycles. The summed E-state index contributed by atoms with van der Waals surface area (Å²) in [5.41, 5.74) is 5.02. The molecule has 0 unspecified atom stereocenters. The summed E-state index contributed by atoms with van der Waals surface area (Å²) in [6.45, 7) is 7.53. The van der Waals surface area contributed by atoms with Crippen molar-refractivity contribution in [3.05, 3.63) is 28.8 Å². The molecule has 0 bridgehead atoms. The van der Waals surface area contributed by atoms with E-state index in [1.54, 1.807) is 0 Å². The zero-order chi connectivity index (χ0) is 11.7. The smallest absolute Gasteiger partial charge is 0.164 e. The van der Waals surface area contributed by atoms with Crippen molar-refractivity contribution >= 4 is 22.6 Å². The Morgan fingerprint density at radius 2 is 1.88 bits per heavy atom. The number of hydrogen-bond acceptors (Lipinski definition) is 2. The van der Waals surface area contributed by atoms with Gasteiger partial charge in [-0.25, -0.2) is 4.99 Å². The van der Waals surface area contributed by atoms with Crippen LogP contribution in [0.4, 0.5) is 5.69 Å². The van der Waals surface area contributed by atoms with Crippen LogP contribution in [0.5, 0.6) is 0 Å². The molecule has 1 saturated heterocycles. The maximum atomic E-state index is 4.80. The van der Waals surface area contributed by atoms with Crippen molar-refractivity contribution in [1.29, 1.82) is 0 Å². The molecule has 0 saturated carbocycles. The third-order valence-corrected chi connectivity index (χ3v) is 4.14. The Balaban J connectivity index is 2.44. The van der Waals surface area contributed by atoms with Crippen LogP contribution in [0.1, 0.15) is 16.7 Å². The second-order valence-electron chi connectivity index (χ2n) is 4.34. The van der Waals surface area contributed by atoms with Gasteiger partial charge >= 0.3 is 0 Å². The van der Waals surface area contributed by atoms with Crippen LogP contribution in [0.2, 0.25) is 0 Å². The van der Waals surface area contributed by atoms with Gasteiger partial charge in [0.15, 0.2) is 5.17 Å². The molecular formula is C13H18N2S. The molecule has 0 amide bonds. The Bertz CT molecular complexity index is 438. The first kappa shape index (κ1) is 11.5. The van der Waals surface area contributed by atoms with E-state index in [4.69, 9.17) is 4.99 Å². The standard InChI is InChI=1S/C13H18N2S/c1-9-5-6-10(2)12(11(9)3)14-13-15(4)7-8-16-13/h5-6H,7-8H2,1-4H3. The van der Waals surface area contributed by atoms with Crippen molar-refractivity contribution in [3.8, 4) is 0 Å². The Kier molecular flexibility index (Phi) is 3.24. The second-order valence-corrected chi connectivity index (χ2v) is 5.40. The number of aliphatic imine (C=N–C) groups is 1. The lowest BCUT2D eigenvalue weighted by Gasteiger charge is -2.13. The highest BCUT2D eigenvalue weighted by Crippen LogP contribution is 2.29. The maximum absolute atomic E-state index is 4.80. The van der Waals surface area contributed by atoms with Crippen molar-refractivity contribution < 1.29 is 0 Å². The van der Waals surface area contributed by atoms with Gasteiger partial charge in [-0.3, -0.25) is 0 Å². The molecule has 86 valence electrons. The van der Waals surface area contributed by atoms with Crippen molar-refractivity contribution in [1.82, 2.24) is 4.90 Å². The number of hydrogen-bond donors (Lipinski definition) is 0. The number of nitrogens with zero attached hydrogens (tertiary/aromatic N) is 2. The Morgan fingerprint density at radius 3 is 2.50 bits per heavy atom. The lowest BCUT2D eigenvalue weighted by atomic mass is 10.0. The summed E-state index contributed by atoms with van der Waals surface area (Å²) in [4.78, 5) is 7.03. The molecule has 3 heteroatoms. The molecule has 1 aromatic rings. The van der Waals surface area contributed by atoms with Gasteiger partial charge in [0, 0.05) is 19.3 Å². The summed E-state index contributed by atoms with van der Waals surface area (Å²) in [6, 6.07) is 4.32. The molecule has 1 aliphatic rings. The van der Waals surface area contributed by atoms with Gasteiger partial charge in [-0.15, -0.1) is 0 Å². The first-order valence-electron chi connectivity index (χ1n) is 5.59. The highest BCUT2D eigenvalue weighted by atomic mass is 32.2. The number of rotatable bonds is 1. The number of amidine groups is 1. The Hall–Kier alpha value is -0.960. The first-order valence-corrected chi connectivity index (χ1v) is 6.57. The quantitative estimate of drug-likeness (QED) is 0.741. The molecule has 1 fully saturated rings. The van der Waals surface area contributed by atoms with E-state index in [1.807, 2.05) is 11.8 Å². The van der Waals surface area contributed by atoms with Gasteiger partial charge in [-0.2, -0.15) is 0 Å². The second kappa shape index (κ2) is 4.50. The molecular weight excluding hydrogens is 216 g/mol. The monoisotopic (exact) mass is 234 g/mol. The van der Waals surface area contributed by atoms with E-state index in [2.05, 4.69) is 44.9 Å². The van der Waals surface area contributed by atoms with E-state index >= 15 is 0 Å². The molecule has 0 aromatic heterocycles. The van der Waals surface area contributed by atoms with Gasteiger partial charge < -0.3 is 4.90 Å². The van der Waals surface area contributed by atoms with Crippen LogP contribution in [-0.2, 0) is 0 Å². The van der Waals surface area contributed by atoms with Crippen molar-refractivity contribution in [2.45, 2.75) is 20.8 Å². The largest absolute Gasteiger partial charge is 0.353 e. The summed E-state index contributed by atoms with van der Waals surface area (Å²) < 4.78 is 0. The minimum absolute atomic E-state index is 1.10. The highest BCUT2D eigenvalue weighted by Gasteiger charge is 2.16. The molecule has 2 nitrogen and oxygen atoms in total. The summed E-state index contributed by atoms with van der Waals surface area (Å²) in [7, 11) is 2.11. The van der Waals surface area contributed by atoms with Crippen molar-refractivity contribution in [2.75, 3.05) is 19.3 Å². The van der Waals surface area contributed by atoms with E-state index in [1.165, 1.54) is 16.7 Å². The van der Waals surface area contributed by atoms with Gasteiger partial charge in [0.05, 0.1) is 5.69 Å². The lowest BCUT2D eigenvalue weighted by molar-refractivity contribution is 0.563. The van der Waals surface area contributed by atoms with Crippen molar-refractivity contribution in [3.63, 3.8) is 0 Å². The number of benzene rings is 1. The summed E-state index contributed by atoms with van der Waals surface area (Å²) in [5, 5.41) is 1.15. The minimum atomic E-state index is 1.10. The van der Waals surface area contributed by atoms with Crippen LogP contribution in [0.25, 0.3) is 0 Å². The molecule has 0 radical (unpaired) electrons. The molecule has 2 rings (SSSR count). The van der Waals surface area contributed by atoms with Crippen LogP contribution in [-0.4, -0.2) is 29.4 Å². The summed E-state index contributed by atoms with van der Waals surface area (Å²) in [5.74, 6) is 1.15. The van der Waals surface area contributed by atoms with E-state index in [9.17, 15) is 0 Å². The van der Waals surface area contributed by atoms with Gasteiger partial charge in [-0.1, -0.05) is 23.9 Å². The fraction of sp³-hybridized carbons (Fsp3) is 0.462. The Labute approximate surface area is 102 Å². The van der Waals surface area contributed by atoms with Crippen LogP contribution >= 0.6 is 11.8 Å². The van der Waals surface area contributed by atoms with Gasteiger partial charge in [0.25, 0.3) is 0 Å². The van der Waals surface area contributed by atoms with E-state index in [0.717, 1.165) is 23.2 Å². The molecule has 1 heterocycles. The fourth-order valence-corrected chi connectivity index (χ4v) is 2.82. The van der Waals surface area contributed by atoms with Crippen molar-refractivity contribution in [2.24, 2.45) is 4.99 Å². The summed E-state index contributed by atoms with van der Waals surface area (Å²) >= 11 is 1.84. The van der Waals surface area contributed by atoms with E-state index in [0.29, 0.717) is 0 Å². The average molecular weight is 234 g/mol. The lowest BCUT2D eigenvalue weighted by Crippen LogP contribution is -2.17. The van der Waals surface area contributed by atoms with Crippen LogP contribution in [0.3, 0.4) is 0 Å². The van der Waals surface area contributed by atoms with Crippen LogP contribution in [0.15, 0.2) is 17.1 Å². The molecule has 1 aromatic carbocycles. The molecule has 0 spiro atoms.